The monoisotopic (exact) mass is 448 g/mol. The van der Waals surface area contributed by atoms with E-state index in [1.165, 1.54) is 12.0 Å². The minimum Gasteiger partial charge on any atom is -0.482 e. The Labute approximate surface area is 192 Å². The molecule has 1 aromatic carbocycles. The van der Waals surface area contributed by atoms with Crippen LogP contribution in [0.3, 0.4) is 0 Å². The summed E-state index contributed by atoms with van der Waals surface area (Å²) < 4.78 is 15.8. The first-order valence-corrected chi connectivity index (χ1v) is 12.3. The minimum atomic E-state index is -0.401. The SMILES string of the molecule is CCCCC[C@H](O)CC[C@H]1[C@H](O)CC2Cc3c(cccc3OCC(=O)OCCOC)C[C@@H]21. The Bertz CT molecular complexity index is 720. The molecular formula is C26H40O6. The van der Waals surface area contributed by atoms with Gasteiger partial charge in [-0.1, -0.05) is 38.3 Å². The molecule has 3 rings (SSSR count). The van der Waals surface area contributed by atoms with Gasteiger partial charge in [-0.25, -0.2) is 4.79 Å². The predicted octanol–water partition coefficient (Wildman–Crippen LogP) is 3.69. The van der Waals surface area contributed by atoms with Gasteiger partial charge in [-0.15, -0.1) is 0 Å². The van der Waals surface area contributed by atoms with Crippen LogP contribution in [-0.4, -0.2) is 55.3 Å². The fourth-order valence-electron chi connectivity index (χ4n) is 5.52. The molecular weight excluding hydrogens is 408 g/mol. The normalized spacial score (nSPS) is 25.1. The zero-order valence-corrected chi connectivity index (χ0v) is 19.6. The average Bonchev–Trinajstić information content (AvgIpc) is 3.09. The van der Waals surface area contributed by atoms with Crippen molar-refractivity contribution in [2.45, 2.75) is 76.9 Å². The van der Waals surface area contributed by atoms with E-state index in [4.69, 9.17) is 14.2 Å². The van der Waals surface area contributed by atoms with Crippen LogP contribution in [0.1, 0.15) is 63.0 Å². The van der Waals surface area contributed by atoms with Gasteiger partial charge in [0, 0.05) is 7.11 Å². The van der Waals surface area contributed by atoms with E-state index in [1.54, 1.807) is 7.11 Å². The van der Waals surface area contributed by atoms with Gasteiger partial charge in [-0.2, -0.15) is 0 Å². The van der Waals surface area contributed by atoms with Gasteiger partial charge in [0.25, 0.3) is 0 Å². The second kappa shape index (κ2) is 12.6. The lowest BCUT2D eigenvalue weighted by molar-refractivity contribution is -0.147. The standard InChI is InChI=1S/C26H40O6/c1-3-4-5-8-20(27)10-11-21-22-14-18-7-6-9-25(23(18)15-19(22)16-24(21)28)32-17-26(29)31-13-12-30-2/h6-7,9,19-22,24,27-28H,3-5,8,10-17H2,1-2H3/t19?,20-,21+,22-,24+/m0/s1. The number of methoxy groups -OCH3 is 1. The lowest BCUT2D eigenvalue weighted by atomic mass is 9.73. The lowest BCUT2D eigenvalue weighted by Gasteiger charge is -2.32. The number of aliphatic hydroxyl groups is 2. The predicted molar refractivity (Wildman–Crippen MR) is 123 cm³/mol. The van der Waals surface area contributed by atoms with Crippen molar-refractivity contribution in [1.82, 2.24) is 0 Å². The van der Waals surface area contributed by atoms with E-state index in [9.17, 15) is 15.0 Å². The van der Waals surface area contributed by atoms with E-state index in [0.717, 1.165) is 62.7 Å². The molecule has 1 aromatic rings. The second-order valence-electron chi connectivity index (χ2n) is 9.42. The Morgan fingerprint density at radius 2 is 2.03 bits per heavy atom. The van der Waals surface area contributed by atoms with Crippen LogP contribution in [0.4, 0.5) is 0 Å². The molecule has 1 fully saturated rings. The van der Waals surface area contributed by atoms with Crippen molar-refractivity contribution in [2.75, 3.05) is 26.9 Å². The van der Waals surface area contributed by atoms with Crippen molar-refractivity contribution in [3.63, 3.8) is 0 Å². The zero-order valence-electron chi connectivity index (χ0n) is 19.6. The van der Waals surface area contributed by atoms with Crippen molar-refractivity contribution in [2.24, 2.45) is 17.8 Å². The number of unbranched alkanes of at least 4 members (excludes halogenated alkanes) is 2. The molecule has 0 bridgehead atoms. The molecule has 1 saturated carbocycles. The summed E-state index contributed by atoms with van der Waals surface area (Å²) in [5.74, 6) is 1.44. The van der Waals surface area contributed by atoms with E-state index in [0.29, 0.717) is 18.4 Å². The highest BCUT2D eigenvalue weighted by molar-refractivity contribution is 5.71. The number of hydrogen-bond acceptors (Lipinski definition) is 6. The molecule has 0 spiro atoms. The topological polar surface area (TPSA) is 85.2 Å². The number of benzene rings is 1. The lowest BCUT2D eigenvalue weighted by Crippen LogP contribution is -2.28. The number of ether oxygens (including phenoxy) is 3. The van der Waals surface area contributed by atoms with E-state index in [2.05, 4.69) is 13.0 Å². The molecule has 180 valence electrons. The first kappa shape index (κ1) is 25.0. The van der Waals surface area contributed by atoms with Crippen LogP contribution in [0.2, 0.25) is 0 Å². The van der Waals surface area contributed by atoms with E-state index >= 15 is 0 Å². The summed E-state index contributed by atoms with van der Waals surface area (Å²) in [4.78, 5) is 11.9. The molecule has 6 heteroatoms. The smallest absolute Gasteiger partial charge is 0.344 e. The Kier molecular flexibility index (Phi) is 9.82. The van der Waals surface area contributed by atoms with Gasteiger partial charge < -0.3 is 24.4 Å². The van der Waals surface area contributed by atoms with E-state index in [-0.39, 0.29) is 31.3 Å². The first-order chi connectivity index (χ1) is 15.5. The van der Waals surface area contributed by atoms with Crippen molar-refractivity contribution in [3.05, 3.63) is 29.3 Å². The molecule has 0 saturated heterocycles. The number of fused-ring (bicyclic) bond motifs is 2. The van der Waals surface area contributed by atoms with Gasteiger partial charge >= 0.3 is 5.97 Å². The number of carbonyl (C=O) groups excluding carboxylic acids is 1. The molecule has 0 amide bonds. The Balaban J connectivity index is 1.56. The van der Waals surface area contributed by atoms with Crippen LogP contribution in [0, 0.1) is 17.8 Å². The second-order valence-corrected chi connectivity index (χ2v) is 9.42. The number of hydrogen-bond donors (Lipinski definition) is 2. The van der Waals surface area contributed by atoms with Crippen LogP contribution < -0.4 is 4.74 Å². The van der Waals surface area contributed by atoms with Gasteiger partial charge in [0.1, 0.15) is 12.4 Å². The van der Waals surface area contributed by atoms with E-state index < -0.39 is 5.97 Å². The third-order valence-corrected chi connectivity index (χ3v) is 7.22. The fraction of sp³-hybridized carbons (Fsp3) is 0.731. The molecule has 0 heterocycles. The summed E-state index contributed by atoms with van der Waals surface area (Å²) in [7, 11) is 1.56. The molecule has 2 aliphatic rings. The summed E-state index contributed by atoms with van der Waals surface area (Å²) in [6.07, 6.45) is 7.95. The van der Waals surface area contributed by atoms with Crippen LogP contribution >= 0.6 is 0 Å². The maximum atomic E-state index is 11.9. The summed E-state index contributed by atoms with van der Waals surface area (Å²) in [5, 5.41) is 21.1. The van der Waals surface area contributed by atoms with Crippen molar-refractivity contribution < 1.29 is 29.2 Å². The first-order valence-electron chi connectivity index (χ1n) is 12.3. The maximum absolute atomic E-state index is 11.9. The van der Waals surface area contributed by atoms with Gasteiger partial charge in [-0.05, 0) is 73.5 Å². The molecule has 2 N–H and O–H groups in total. The van der Waals surface area contributed by atoms with Crippen molar-refractivity contribution in [1.29, 1.82) is 0 Å². The zero-order chi connectivity index (χ0) is 22.9. The number of carbonyl (C=O) groups is 1. The molecule has 6 nitrogen and oxygen atoms in total. The number of aliphatic hydroxyl groups excluding tert-OH is 2. The quantitative estimate of drug-likeness (QED) is 0.354. The molecule has 0 aliphatic heterocycles. The largest absolute Gasteiger partial charge is 0.482 e. The highest BCUT2D eigenvalue weighted by atomic mass is 16.6. The highest BCUT2D eigenvalue weighted by Crippen LogP contribution is 2.48. The third-order valence-electron chi connectivity index (χ3n) is 7.22. The molecule has 0 aromatic heterocycles. The van der Waals surface area contributed by atoms with Gasteiger partial charge in [-0.3, -0.25) is 0 Å². The molecule has 1 unspecified atom stereocenters. The van der Waals surface area contributed by atoms with Gasteiger partial charge in [0.05, 0.1) is 18.8 Å². The fourth-order valence-corrected chi connectivity index (χ4v) is 5.52. The third kappa shape index (κ3) is 6.69. The Morgan fingerprint density at radius 3 is 2.81 bits per heavy atom. The van der Waals surface area contributed by atoms with Crippen molar-refractivity contribution in [3.8, 4) is 5.75 Å². The Morgan fingerprint density at radius 1 is 1.19 bits per heavy atom. The number of rotatable bonds is 13. The summed E-state index contributed by atoms with van der Waals surface area (Å²) >= 11 is 0. The van der Waals surface area contributed by atoms with Crippen molar-refractivity contribution >= 4 is 5.97 Å². The van der Waals surface area contributed by atoms with Gasteiger partial charge in [0.2, 0.25) is 0 Å². The van der Waals surface area contributed by atoms with Crippen LogP contribution in [0.5, 0.6) is 5.75 Å². The Hall–Kier alpha value is -1.63. The van der Waals surface area contributed by atoms with E-state index in [1.807, 2.05) is 12.1 Å². The summed E-state index contributed by atoms with van der Waals surface area (Å²) in [5.41, 5.74) is 2.41. The molecule has 0 radical (unpaired) electrons. The molecule has 32 heavy (non-hydrogen) atoms. The average molecular weight is 449 g/mol. The van der Waals surface area contributed by atoms with Crippen LogP contribution in [0.15, 0.2) is 18.2 Å². The summed E-state index contributed by atoms with van der Waals surface area (Å²) in [6, 6.07) is 6.02. The van der Waals surface area contributed by atoms with Crippen LogP contribution in [-0.2, 0) is 27.1 Å². The maximum Gasteiger partial charge on any atom is 0.344 e. The molecule has 2 aliphatic carbocycles. The minimum absolute atomic E-state index is 0.116. The van der Waals surface area contributed by atoms with Crippen LogP contribution in [0.25, 0.3) is 0 Å². The molecule has 5 atom stereocenters. The highest BCUT2D eigenvalue weighted by Gasteiger charge is 2.44. The van der Waals surface area contributed by atoms with Gasteiger partial charge in [0.15, 0.2) is 6.61 Å². The summed E-state index contributed by atoms with van der Waals surface area (Å²) in [6.45, 7) is 2.65. The number of esters is 1.